The normalized spacial score (nSPS) is 29.0. The van der Waals surface area contributed by atoms with Crippen molar-refractivity contribution in [1.29, 1.82) is 0 Å². The Bertz CT molecular complexity index is 334. The van der Waals surface area contributed by atoms with Crippen molar-refractivity contribution in [2.75, 3.05) is 0 Å². The Balaban J connectivity index is 2.69. The molecule has 0 unspecified atom stereocenters. The standard InChI is InChI=1S/C14H26N2O3/c1-9(2)8-11(15)12(17)16-14(13(18)19)6-4-10(3)5-7-14/h9-11H,4-8,15H2,1-3H3,(H,16,17)(H,18,19)/t10?,11-,14?/m0/s1. The van der Waals surface area contributed by atoms with E-state index in [-0.39, 0.29) is 5.91 Å². The smallest absolute Gasteiger partial charge is 0.329 e. The quantitative estimate of drug-likeness (QED) is 0.706. The van der Waals surface area contributed by atoms with Gasteiger partial charge in [-0.3, -0.25) is 4.79 Å². The lowest BCUT2D eigenvalue weighted by Gasteiger charge is -2.37. The molecular weight excluding hydrogens is 244 g/mol. The zero-order valence-electron chi connectivity index (χ0n) is 12.1. The minimum atomic E-state index is -1.11. The van der Waals surface area contributed by atoms with Crippen LogP contribution in [-0.4, -0.2) is 28.6 Å². The van der Waals surface area contributed by atoms with Gasteiger partial charge in [-0.2, -0.15) is 0 Å². The van der Waals surface area contributed by atoms with E-state index in [9.17, 15) is 14.7 Å². The molecule has 0 radical (unpaired) electrons. The third kappa shape index (κ3) is 4.20. The van der Waals surface area contributed by atoms with E-state index in [2.05, 4.69) is 12.2 Å². The SMILES string of the molecule is CC(C)C[C@H](N)C(=O)NC1(C(=O)O)CCC(C)CC1. The third-order valence-corrected chi connectivity index (χ3v) is 3.96. The van der Waals surface area contributed by atoms with Crippen molar-refractivity contribution in [3.05, 3.63) is 0 Å². The molecule has 1 fully saturated rings. The zero-order chi connectivity index (χ0) is 14.6. The highest BCUT2D eigenvalue weighted by Gasteiger charge is 2.43. The average Bonchev–Trinajstić information content (AvgIpc) is 2.31. The Morgan fingerprint density at radius 2 is 1.89 bits per heavy atom. The first-order chi connectivity index (χ1) is 8.77. The van der Waals surface area contributed by atoms with Crippen LogP contribution in [0.2, 0.25) is 0 Å². The fourth-order valence-corrected chi connectivity index (χ4v) is 2.59. The van der Waals surface area contributed by atoms with Crippen molar-refractivity contribution in [3.63, 3.8) is 0 Å². The van der Waals surface area contributed by atoms with Gasteiger partial charge in [-0.1, -0.05) is 20.8 Å². The molecule has 5 heteroatoms. The van der Waals surface area contributed by atoms with E-state index >= 15 is 0 Å². The summed E-state index contributed by atoms with van der Waals surface area (Å²) in [6.45, 7) is 6.09. The second-order valence-corrected chi connectivity index (χ2v) is 6.30. The summed E-state index contributed by atoms with van der Waals surface area (Å²) in [4.78, 5) is 23.5. The summed E-state index contributed by atoms with van der Waals surface area (Å²) in [6.07, 6.45) is 3.20. The number of carbonyl (C=O) groups excluding carboxylic acids is 1. The van der Waals surface area contributed by atoms with Gasteiger partial charge in [0, 0.05) is 0 Å². The second-order valence-electron chi connectivity index (χ2n) is 6.30. The minimum Gasteiger partial charge on any atom is -0.480 e. The predicted molar refractivity (Wildman–Crippen MR) is 73.6 cm³/mol. The molecule has 1 aliphatic carbocycles. The lowest BCUT2D eigenvalue weighted by molar-refractivity contribution is -0.150. The van der Waals surface area contributed by atoms with Crippen LogP contribution in [-0.2, 0) is 9.59 Å². The van der Waals surface area contributed by atoms with Crippen LogP contribution in [0, 0.1) is 11.8 Å². The first-order valence-corrected chi connectivity index (χ1v) is 7.08. The van der Waals surface area contributed by atoms with Gasteiger partial charge in [0.15, 0.2) is 0 Å². The third-order valence-electron chi connectivity index (χ3n) is 3.96. The summed E-state index contributed by atoms with van der Waals surface area (Å²) in [6, 6.07) is -0.629. The monoisotopic (exact) mass is 270 g/mol. The number of carbonyl (C=O) groups is 2. The lowest BCUT2D eigenvalue weighted by atomic mass is 9.77. The van der Waals surface area contributed by atoms with Crippen molar-refractivity contribution in [3.8, 4) is 0 Å². The van der Waals surface area contributed by atoms with Crippen LogP contribution in [0.5, 0.6) is 0 Å². The molecule has 0 aliphatic heterocycles. The van der Waals surface area contributed by atoms with E-state index in [1.807, 2.05) is 13.8 Å². The van der Waals surface area contributed by atoms with E-state index in [1.165, 1.54) is 0 Å². The van der Waals surface area contributed by atoms with Gasteiger partial charge < -0.3 is 16.2 Å². The molecule has 4 N–H and O–H groups in total. The van der Waals surface area contributed by atoms with Gasteiger partial charge in [0.1, 0.15) is 5.54 Å². The molecule has 0 bridgehead atoms. The van der Waals surface area contributed by atoms with Crippen LogP contribution in [0.15, 0.2) is 0 Å². The fourth-order valence-electron chi connectivity index (χ4n) is 2.59. The van der Waals surface area contributed by atoms with Crippen molar-refractivity contribution < 1.29 is 14.7 Å². The molecule has 0 aromatic carbocycles. The topological polar surface area (TPSA) is 92.4 Å². The van der Waals surface area contributed by atoms with E-state index in [0.717, 1.165) is 12.8 Å². The van der Waals surface area contributed by atoms with Crippen LogP contribution in [0.3, 0.4) is 0 Å². The van der Waals surface area contributed by atoms with Crippen LogP contribution < -0.4 is 11.1 Å². The van der Waals surface area contributed by atoms with Gasteiger partial charge in [-0.05, 0) is 43.9 Å². The number of carboxylic acid groups (broad SMARTS) is 1. The van der Waals surface area contributed by atoms with Gasteiger partial charge in [-0.15, -0.1) is 0 Å². The van der Waals surface area contributed by atoms with Gasteiger partial charge in [0.2, 0.25) is 5.91 Å². The van der Waals surface area contributed by atoms with Gasteiger partial charge in [0.05, 0.1) is 6.04 Å². The zero-order valence-corrected chi connectivity index (χ0v) is 12.1. The van der Waals surface area contributed by atoms with Crippen molar-refractivity contribution in [1.82, 2.24) is 5.32 Å². The minimum absolute atomic E-state index is 0.313. The fraction of sp³-hybridized carbons (Fsp3) is 0.857. The first kappa shape index (κ1) is 16.0. The molecule has 1 rings (SSSR count). The van der Waals surface area contributed by atoms with E-state index < -0.39 is 17.6 Å². The summed E-state index contributed by atoms with van der Waals surface area (Å²) in [5, 5.41) is 12.1. The molecule has 1 aliphatic rings. The molecule has 1 atom stereocenters. The lowest BCUT2D eigenvalue weighted by Crippen LogP contribution is -2.59. The van der Waals surface area contributed by atoms with Crippen LogP contribution in [0.1, 0.15) is 52.9 Å². The highest BCUT2D eigenvalue weighted by atomic mass is 16.4. The van der Waals surface area contributed by atoms with Gasteiger partial charge >= 0.3 is 5.97 Å². The number of amides is 1. The maximum Gasteiger partial charge on any atom is 0.329 e. The number of carboxylic acids is 1. The molecule has 110 valence electrons. The molecule has 0 aromatic heterocycles. The summed E-state index contributed by atoms with van der Waals surface area (Å²) >= 11 is 0. The van der Waals surface area contributed by atoms with E-state index in [1.54, 1.807) is 0 Å². The Labute approximate surface area is 114 Å². The van der Waals surface area contributed by atoms with E-state index in [0.29, 0.717) is 31.1 Å². The number of nitrogens with two attached hydrogens (primary N) is 1. The molecule has 5 nitrogen and oxygen atoms in total. The Morgan fingerprint density at radius 3 is 2.32 bits per heavy atom. The molecule has 1 saturated carbocycles. The van der Waals surface area contributed by atoms with Crippen molar-refractivity contribution in [2.45, 2.75) is 64.5 Å². The Hall–Kier alpha value is -1.10. The summed E-state index contributed by atoms with van der Waals surface area (Å²) in [5.41, 5.74) is 4.70. The number of nitrogens with one attached hydrogen (secondary N) is 1. The molecular formula is C14H26N2O3. The Morgan fingerprint density at radius 1 is 1.37 bits per heavy atom. The molecule has 0 aromatic rings. The van der Waals surface area contributed by atoms with Crippen LogP contribution >= 0.6 is 0 Å². The van der Waals surface area contributed by atoms with E-state index in [4.69, 9.17) is 5.73 Å². The Kier molecular flexibility index (Phi) is 5.35. The number of hydrogen-bond donors (Lipinski definition) is 3. The number of hydrogen-bond acceptors (Lipinski definition) is 3. The maximum absolute atomic E-state index is 12.0. The number of rotatable bonds is 5. The maximum atomic E-state index is 12.0. The summed E-state index contributed by atoms with van der Waals surface area (Å²) in [5.74, 6) is -0.447. The van der Waals surface area contributed by atoms with Crippen LogP contribution in [0.25, 0.3) is 0 Å². The highest BCUT2D eigenvalue weighted by Crippen LogP contribution is 2.32. The van der Waals surface area contributed by atoms with Crippen molar-refractivity contribution >= 4 is 11.9 Å². The molecule has 0 heterocycles. The second kappa shape index (κ2) is 6.37. The van der Waals surface area contributed by atoms with Gasteiger partial charge in [-0.25, -0.2) is 4.79 Å². The summed E-state index contributed by atoms with van der Waals surface area (Å²) < 4.78 is 0. The molecule has 0 saturated heterocycles. The van der Waals surface area contributed by atoms with Crippen LogP contribution in [0.4, 0.5) is 0 Å². The average molecular weight is 270 g/mol. The molecule has 19 heavy (non-hydrogen) atoms. The van der Waals surface area contributed by atoms with Gasteiger partial charge in [0.25, 0.3) is 0 Å². The number of aliphatic carboxylic acids is 1. The summed E-state index contributed by atoms with van der Waals surface area (Å²) in [7, 11) is 0. The highest BCUT2D eigenvalue weighted by molar-refractivity contribution is 5.89. The largest absolute Gasteiger partial charge is 0.480 e. The predicted octanol–water partition coefficient (Wildman–Crippen LogP) is 1.51. The van der Waals surface area contributed by atoms with Crippen molar-refractivity contribution in [2.24, 2.45) is 17.6 Å². The molecule has 0 spiro atoms. The first-order valence-electron chi connectivity index (χ1n) is 7.08. The molecule has 1 amide bonds.